The third-order valence-corrected chi connectivity index (χ3v) is 3.74. The fourth-order valence-corrected chi connectivity index (χ4v) is 2.78. The Morgan fingerprint density at radius 1 is 1.29 bits per heavy atom. The minimum Gasteiger partial charge on any atom is -0.370 e. The summed E-state index contributed by atoms with van der Waals surface area (Å²) < 4.78 is 0. The summed E-state index contributed by atoms with van der Waals surface area (Å²) >= 11 is 0. The van der Waals surface area contributed by atoms with E-state index in [4.69, 9.17) is 0 Å². The summed E-state index contributed by atoms with van der Waals surface area (Å²) in [6.07, 6.45) is 3.74. The number of fused-ring (bicyclic) bond motifs is 1. The van der Waals surface area contributed by atoms with Crippen LogP contribution in [0.4, 0.5) is 11.5 Å². The van der Waals surface area contributed by atoms with Crippen molar-refractivity contribution in [2.75, 3.05) is 23.3 Å². The zero-order valence-corrected chi connectivity index (χ0v) is 12.2. The molecular formula is C17H19N3O. The average Bonchev–Trinajstić information content (AvgIpc) is 2.54. The van der Waals surface area contributed by atoms with Crippen LogP contribution in [0.15, 0.2) is 42.6 Å². The highest BCUT2D eigenvalue weighted by atomic mass is 16.2. The van der Waals surface area contributed by atoms with Crippen LogP contribution < -0.4 is 10.2 Å². The van der Waals surface area contributed by atoms with Crippen LogP contribution in [-0.2, 0) is 6.42 Å². The van der Waals surface area contributed by atoms with Gasteiger partial charge in [0.25, 0.3) is 5.91 Å². The summed E-state index contributed by atoms with van der Waals surface area (Å²) in [6.45, 7) is 3.50. The Bertz CT molecular complexity index is 654. The normalized spacial score (nSPS) is 13.7. The van der Waals surface area contributed by atoms with E-state index in [0.29, 0.717) is 11.4 Å². The van der Waals surface area contributed by atoms with Gasteiger partial charge in [-0.3, -0.25) is 4.79 Å². The standard InChI is InChI=1S/C17H19N3O/c1-2-18-16-14(9-5-11-19-16)17(21)20-12-6-8-13-7-3-4-10-15(13)20/h3-5,7,9-11H,2,6,8,12H2,1H3,(H,18,19). The minimum atomic E-state index is 0.0196. The van der Waals surface area contributed by atoms with Crippen molar-refractivity contribution in [1.29, 1.82) is 0 Å². The van der Waals surface area contributed by atoms with Crippen LogP contribution >= 0.6 is 0 Å². The number of anilines is 2. The predicted octanol–water partition coefficient (Wildman–Crippen LogP) is 3.11. The molecule has 1 aliphatic heterocycles. The molecule has 0 spiro atoms. The van der Waals surface area contributed by atoms with Crippen molar-refractivity contribution >= 4 is 17.4 Å². The molecule has 0 saturated carbocycles. The number of aryl methyl sites for hydroxylation is 1. The van der Waals surface area contributed by atoms with Crippen LogP contribution in [0.2, 0.25) is 0 Å². The monoisotopic (exact) mass is 281 g/mol. The summed E-state index contributed by atoms with van der Waals surface area (Å²) in [5.74, 6) is 0.680. The van der Waals surface area contributed by atoms with Gasteiger partial charge < -0.3 is 10.2 Å². The molecule has 1 aromatic heterocycles. The van der Waals surface area contributed by atoms with Crippen molar-refractivity contribution in [2.24, 2.45) is 0 Å². The number of hydrogen-bond donors (Lipinski definition) is 1. The first-order chi connectivity index (χ1) is 10.3. The summed E-state index contributed by atoms with van der Waals surface area (Å²) in [6, 6.07) is 11.8. The van der Waals surface area contributed by atoms with E-state index < -0.39 is 0 Å². The number of aromatic nitrogens is 1. The van der Waals surface area contributed by atoms with Crippen LogP contribution in [0.5, 0.6) is 0 Å². The Kier molecular flexibility index (Phi) is 3.86. The number of benzene rings is 1. The van der Waals surface area contributed by atoms with E-state index in [1.165, 1.54) is 5.56 Å². The molecule has 1 amide bonds. The number of rotatable bonds is 3. The Hall–Kier alpha value is -2.36. The number of carbonyl (C=O) groups excluding carboxylic acids is 1. The van der Waals surface area contributed by atoms with E-state index >= 15 is 0 Å². The first-order valence-electron chi connectivity index (χ1n) is 7.40. The van der Waals surface area contributed by atoms with Crippen LogP contribution in [0.1, 0.15) is 29.3 Å². The fourth-order valence-electron chi connectivity index (χ4n) is 2.78. The number of pyridine rings is 1. The predicted molar refractivity (Wildman–Crippen MR) is 84.8 cm³/mol. The van der Waals surface area contributed by atoms with Crippen LogP contribution in [0.3, 0.4) is 0 Å². The Labute approximate surface area is 124 Å². The quantitative estimate of drug-likeness (QED) is 0.940. The third kappa shape index (κ3) is 2.61. The van der Waals surface area contributed by atoms with Gasteiger partial charge in [0.15, 0.2) is 0 Å². The molecule has 3 rings (SSSR count). The topological polar surface area (TPSA) is 45.2 Å². The zero-order valence-electron chi connectivity index (χ0n) is 12.2. The van der Waals surface area contributed by atoms with Gasteiger partial charge in [-0.25, -0.2) is 4.98 Å². The Morgan fingerprint density at radius 2 is 2.14 bits per heavy atom. The molecule has 1 aromatic carbocycles. The van der Waals surface area contributed by atoms with Crippen LogP contribution in [0, 0.1) is 0 Å². The number of carbonyl (C=O) groups is 1. The summed E-state index contributed by atoms with van der Waals surface area (Å²) in [4.78, 5) is 19.1. The van der Waals surface area contributed by atoms with Crippen LogP contribution in [-0.4, -0.2) is 24.0 Å². The fraction of sp³-hybridized carbons (Fsp3) is 0.294. The smallest absolute Gasteiger partial charge is 0.262 e. The molecule has 0 saturated heterocycles. The first kappa shape index (κ1) is 13.6. The Morgan fingerprint density at radius 3 is 3.00 bits per heavy atom. The van der Waals surface area contributed by atoms with E-state index in [1.54, 1.807) is 6.20 Å². The highest BCUT2D eigenvalue weighted by Crippen LogP contribution is 2.29. The second-order valence-corrected chi connectivity index (χ2v) is 5.12. The van der Waals surface area contributed by atoms with E-state index in [9.17, 15) is 4.79 Å². The van der Waals surface area contributed by atoms with Gasteiger partial charge in [-0.2, -0.15) is 0 Å². The van der Waals surface area contributed by atoms with Crippen molar-refractivity contribution in [3.05, 3.63) is 53.7 Å². The highest BCUT2D eigenvalue weighted by Gasteiger charge is 2.25. The van der Waals surface area contributed by atoms with Crippen molar-refractivity contribution in [3.8, 4) is 0 Å². The van der Waals surface area contributed by atoms with Crippen LogP contribution in [0.25, 0.3) is 0 Å². The molecule has 2 aromatic rings. The van der Waals surface area contributed by atoms with Gasteiger partial charge in [-0.05, 0) is 43.5 Å². The maximum atomic E-state index is 12.9. The molecule has 0 unspecified atom stereocenters. The van der Waals surface area contributed by atoms with Gasteiger partial charge >= 0.3 is 0 Å². The number of nitrogens with zero attached hydrogens (tertiary/aromatic N) is 2. The molecular weight excluding hydrogens is 262 g/mol. The van der Waals surface area contributed by atoms with Gasteiger partial charge in [-0.1, -0.05) is 18.2 Å². The molecule has 0 bridgehead atoms. The number of nitrogens with one attached hydrogen (secondary N) is 1. The van der Waals surface area contributed by atoms with E-state index in [-0.39, 0.29) is 5.91 Å². The number of hydrogen-bond acceptors (Lipinski definition) is 3. The molecule has 1 N–H and O–H groups in total. The molecule has 21 heavy (non-hydrogen) atoms. The molecule has 1 aliphatic rings. The molecule has 0 fully saturated rings. The lowest BCUT2D eigenvalue weighted by molar-refractivity contribution is 0.0985. The molecule has 2 heterocycles. The molecule has 0 atom stereocenters. The van der Waals surface area contributed by atoms with Gasteiger partial charge in [0.2, 0.25) is 0 Å². The van der Waals surface area contributed by atoms with Crippen molar-refractivity contribution in [2.45, 2.75) is 19.8 Å². The average molecular weight is 281 g/mol. The number of para-hydroxylation sites is 1. The molecule has 4 nitrogen and oxygen atoms in total. The van der Waals surface area contributed by atoms with Crippen molar-refractivity contribution < 1.29 is 4.79 Å². The lowest BCUT2D eigenvalue weighted by Crippen LogP contribution is -2.36. The third-order valence-electron chi connectivity index (χ3n) is 3.74. The summed E-state index contributed by atoms with van der Waals surface area (Å²) in [5, 5.41) is 3.16. The maximum Gasteiger partial charge on any atom is 0.262 e. The molecule has 108 valence electrons. The minimum absolute atomic E-state index is 0.0196. The maximum absolute atomic E-state index is 12.9. The zero-order chi connectivity index (χ0) is 14.7. The van der Waals surface area contributed by atoms with Gasteiger partial charge in [0.05, 0.1) is 5.56 Å². The Balaban J connectivity index is 1.97. The molecule has 0 radical (unpaired) electrons. The summed E-state index contributed by atoms with van der Waals surface area (Å²) in [5.41, 5.74) is 2.90. The SMILES string of the molecule is CCNc1ncccc1C(=O)N1CCCc2ccccc21. The number of amides is 1. The first-order valence-corrected chi connectivity index (χ1v) is 7.40. The largest absolute Gasteiger partial charge is 0.370 e. The van der Waals surface area contributed by atoms with E-state index in [0.717, 1.165) is 31.6 Å². The second-order valence-electron chi connectivity index (χ2n) is 5.12. The second kappa shape index (κ2) is 5.95. The lowest BCUT2D eigenvalue weighted by Gasteiger charge is -2.29. The van der Waals surface area contributed by atoms with E-state index in [2.05, 4.69) is 16.4 Å². The summed E-state index contributed by atoms with van der Waals surface area (Å²) in [7, 11) is 0. The molecule has 0 aliphatic carbocycles. The van der Waals surface area contributed by atoms with Gasteiger partial charge in [0.1, 0.15) is 5.82 Å². The van der Waals surface area contributed by atoms with E-state index in [1.807, 2.05) is 42.2 Å². The van der Waals surface area contributed by atoms with Gasteiger partial charge in [-0.15, -0.1) is 0 Å². The van der Waals surface area contributed by atoms with Crippen molar-refractivity contribution in [1.82, 2.24) is 4.98 Å². The molecule has 4 heteroatoms. The van der Waals surface area contributed by atoms with Gasteiger partial charge in [0, 0.05) is 25.0 Å². The van der Waals surface area contributed by atoms with Crippen molar-refractivity contribution in [3.63, 3.8) is 0 Å². The lowest BCUT2D eigenvalue weighted by atomic mass is 10.0. The highest BCUT2D eigenvalue weighted by molar-refractivity contribution is 6.09.